The Labute approximate surface area is 108 Å². The molecule has 1 aromatic heterocycles. The van der Waals surface area contributed by atoms with Crippen molar-refractivity contribution in [3.63, 3.8) is 0 Å². The second-order valence-corrected chi connectivity index (χ2v) is 4.92. The van der Waals surface area contributed by atoms with Gasteiger partial charge in [0, 0.05) is 23.1 Å². The summed E-state index contributed by atoms with van der Waals surface area (Å²) in [4.78, 5) is 0. The second kappa shape index (κ2) is 4.34. The van der Waals surface area contributed by atoms with E-state index in [4.69, 9.17) is 0 Å². The predicted octanol–water partition coefficient (Wildman–Crippen LogP) is 4.31. The molecule has 0 N–H and O–H groups in total. The number of hydrogen-bond acceptors (Lipinski definition) is 0. The first-order valence-electron chi connectivity index (χ1n) is 6.34. The van der Waals surface area contributed by atoms with Crippen molar-refractivity contribution in [1.29, 1.82) is 0 Å². The van der Waals surface area contributed by atoms with Gasteiger partial charge in [0.25, 0.3) is 0 Å². The molecule has 0 saturated heterocycles. The molecule has 0 amide bonds. The zero-order valence-corrected chi connectivity index (χ0v) is 10.9. The van der Waals surface area contributed by atoms with Crippen LogP contribution in [0.3, 0.4) is 0 Å². The van der Waals surface area contributed by atoms with Crippen LogP contribution >= 0.6 is 0 Å². The van der Waals surface area contributed by atoms with Gasteiger partial charge in [-0.1, -0.05) is 42.0 Å². The standard InChI is InChI=1S/C17H17N/c1-13-8-9-17-16(10-13)11-14(2)18(17)12-15-6-4-3-5-7-15/h3-11H,12H2,1-2H3. The number of aryl methyl sites for hydroxylation is 2. The summed E-state index contributed by atoms with van der Waals surface area (Å²) in [5, 5.41) is 1.34. The molecule has 0 aliphatic heterocycles. The van der Waals surface area contributed by atoms with E-state index in [0.717, 1.165) is 6.54 Å². The van der Waals surface area contributed by atoms with Crippen LogP contribution in [0.1, 0.15) is 16.8 Å². The van der Waals surface area contributed by atoms with E-state index in [2.05, 4.69) is 73.0 Å². The summed E-state index contributed by atoms with van der Waals surface area (Å²) in [6, 6.07) is 19.5. The molecule has 1 nitrogen and oxygen atoms in total. The van der Waals surface area contributed by atoms with E-state index in [1.54, 1.807) is 0 Å². The molecule has 0 atom stereocenters. The van der Waals surface area contributed by atoms with E-state index in [0.29, 0.717) is 0 Å². The van der Waals surface area contributed by atoms with Crippen molar-refractivity contribution in [1.82, 2.24) is 4.57 Å². The van der Waals surface area contributed by atoms with Gasteiger partial charge in [-0.25, -0.2) is 0 Å². The number of hydrogen-bond donors (Lipinski definition) is 0. The van der Waals surface area contributed by atoms with Crippen LogP contribution in [0.5, 0.6) is 0 Å². The lowest BCUT2D eigenvalue weighted by Gasteiger charge is -2.08. The SMILES string of the molecule is Cc1ccc2c(c1)cc(C)n2Cc1ccccc1. The first-order chi connectivity index (χ1) is 8.74. The van der Waals surface area contributed by atoms with Gasteiger partial charge in [-0.3, -0.25) is 0 Å². The quantitative estimate of drug-likeness (QED) is 0.624. The lowest BCUT2D eigenvalue weighted by Crippen LogP contribution is -2.00. The minimum Gasteiger partial charge on any atom is -0.340 e. The number of nitrogens with zero attached hydrogens (tertiary/aromatic N) is 1. The monoisotopic (exact) mass is 235 g/mol. The first kappa shape index (κ1) is 11.1. The Morgan fingerprint density at radius 3 is 2.44 bits per heavy atom. The minimum atomic E-state index is 0.944. The van der Waals surface area contributed by atoms with Crippen LogP contribution in [0.2, 0.25) is 0 Å². The molecule has 0 radical (unpaired) electrons. The van der Waals surface area contributed by atoms with Gasteiger partial charge in [-0.2, -0.15) is 0 Å². The highest BCUT2D eigenvalue weighted by Gasteiger charge is 2.05. The van der Waals surface area contributed by atoms with E-state index in [-0.39, 0.29) is 0 Å². The van der Waals surface area contributed by atoms with E-state index < -0.39 is 0 Å². The molecule has 1 heteroatoms. The molecule has 0 spiro atoms. The molecule has 90 valence electrons. The minimum absolute atomic E-state index is 0.944. The molecule has 3 aromatic rings. The third kappa shape index (κ3) is 1.92. The summed E-state index contributed by atoms with van der Waals surface area (Å²) in [7, 11) is 0. The number of benzene rings is 2. The van der Waals surface area contributed by atoms with Crippen molar-refractivity contribution in [3.05, 3.63) is 71.4 Å². The van der Waals surface area contributed by atoms with Gasteiger partial charge in [0.15, 0.2) is 0 Å². The Hall–Kier alpha value is -2.02. The van der Waals surface area contributed by atoms with Crippen molar-refractivity contribution in [2.75, 3.05) is 0 Å². The Balaban J connectivity index is 2.09. The molecule has 0 aliphatic carbocycles. The zero-order valence-electron chi connectivity index (χ0n) is 10.9. The average Bonchev–Trinajstić information content (AvgIpc) is 2.66. The first-order valence-corrected chi connectivity index (χ1v) is 6.34. The maximum atomic E-state index is 2.38. The molecule has 0 fully saturated rings. The molecule has 0 bridgehead atoms. The summed E-state index contributed by atoms with van der Waals surface area (Å²) in [5.41, 5.74) is 5.31. The van der Waals surface area contributed by atoms with Gasteiger partial charge in [0.05, 0.1) is 0 Å². The normalized spacial score (nSPS) is 11.0. The van der Waals surface area contributed by atoms with Crippen molar-refractivity contribution >= 4 is 10.9 Å². The van der Waals surface area contributed by atoms with Gasteiger partial charge in [-0.15, -0.1) is 0 Å². The van der Waals surface area contributed by atoms with Gasteiger partial charge < -0.3 is 4.57 Å². The largest absolute Gasteiger partial charge is 0.340 e. The second-order valence-electron chi connectivity index (χ2n) is 4.92. The van der Waals surface area contributed by atoms with Crippen molar-refractivity contribution in [2.45, 2.75) is 20.4 Å². The van der Waals surface area contributed by atoms with Crippen LogP contribution < -0.4 is 0 Å². The van der Waals surface area contributed by atoms with Crippen molar-refractivity contribution in [3.8, 4) is 0 Å². The summed E-state index contributed by atoms with van der Waals surface area (Å²) in [6.07, 6.45) is 0. The average molecular weight is 235 g/mol. The summed E-state index contributed by atoms with van der Waals surface area (Å²) in [5.74, 6) is 0. The zero-order chi connectivity index (χ0) is 12.5. The van der Waals surface area contributed by atoms with E-state index in [9.17, 15) is 0 Å². The van der Waals surface area contributed by atoms with E-state index in [1.807, 2.05) is 0 Å². The maximum absolute atomic E-state index is 2.38. The van der Waals surface area contributed by atoms with Crippen molar-refractivity contribution in [2.24, 2.45) is 0 Å². The van der Waals surface area contributed by atoms with Crippen LogP contribution in [-0.2, 0) is 6.54 Å². The highest BCUT2D eigenvalue weighted by molar-refractivity contribution is 5.82. The fourth-order valence-electron chi connectivity index (χ4n) is 2.50. The molecule has 0 aliphatic rings. The lowest BCUT2D eigenvalue weighted by atomic mass is 10.2. The fraction of sp³-hybridized carbons (Fsp3) is 0.176. The molecule has 2 aromatic carbocycles. The van der Waals surface area contributed by atoms with Crippen LogP contribution in [-0.4, -0.2) is 4.57 Å². The fourth-order valence-corrected chi connectivity index (χ4v) is 2.50. The van der Waals surface area contributed by atoms with Gasteiger partial charge in [0.1, 0.15) is 0 Å². The van der Waals surface area contributed by atoms with Gasteiger partial charge in [0.2, 0.25) is 0 Å². The molecule has 1 heterocycles. The topological polar surface area (TPSA) is 4.93 Å². The third-order valence-electron chi connectivity index (χ3n) is 3.45. The van der Waals surface area contributed by atoms with E-state index in [1.165, 1.54) is 27.7 Å². The Morgan fingerprint density at radius 2 is 1.67 bits per heavy atom. The maximum Gasteiger partial charge on any atom is 0.0485 e. The highest BCUT2D eigenvalue weighted by Crippen LogP contribution is 2.22. The summed E-state index contributed by atoms with van der Waals surface area (Å²) in [6.45, 7) is 5.26. The van der Waals surface area contributed by atoms with Crippen LogP contribution in [0.25, 0.3) is 10.9 Å². The Bertz CT molecular complexity index is 677. The molecule has 18 heavy (non-hydrogen) atoms. The van der Waals surface area contributed by atoms with Crippen molar-refractivity contribution < 1.29 is 0 Å². The third-order valence-corrected chi connectivity index (χ3v) is 3.45. The highest BCUT2D eigenvalue weighted by atomic mass is 15.0. The van der Waals surface area contributed by atoms with E-state index >= 15 is 0 Å². The van der Waals surface area contributed by atoms with Crippen LogP contribution in [0.15, 0.2) is 54.6 Å². The molecule has 0 saturated carbocycles. The number of rotatable bonds is 2. The smallest absolute Gasteiger partial charge is 0.0485 e. The van der Waals surface area contributed by atoms with Gasteiger partial charge >= 0.3 is 0 Å². The molecular weight excluding hydrogens is 218 g/mol. The molecule has 3 rings (SSSR count). The van der Waals surface area contributed by atoms with Crippen LogP contribution in [0, 0.1) is 13.8 Å². The molecule has 0 unspecified atom stereocenters. The number of fused-ring (bicyclic) bond motifs is 1. The number of aromatic nitrogens is 1. The lowest BCUT2D eigenvalue weighted by molar-refractivity contribution is 0.805. The summed E-state index contributed by atoms with van der Waals surface area (Å²) < 4.78 is 2.38. The Morgan fingerprint density at radius 1 is 0.889 bits per heavy atom. The van der Waals surface area contributed by atoms with Gasteiger partial charge in [-0.05, 0) is 37.6 Å². The van der Waals surface area contributed by atoms with Crippen LogP contribution in [0.4, 0.5) is 0 Å². The Kier molecular flexibility index (Phi) is 2.67. The predicted molar refractivity (Wildman–Crippen MR) is 77.0 cm³/mol. The summed E-state index contributed by atoms with van der Waals surface area (Å²) >= 11 is 0. The molecular formula is C17H17N.